The van der Waals surface area contributed by atoms with Gasteiger partial charge >= 0.3 is 5.97 Å². The van der Waals surface area contributed by atoms with Crippen molar-refractivity contribution in [3.63, 3.8) is 0 Å². The SMILES string of the molecule is O=C(O)c1cc(-c2ccc3c(c2)CCC3)ccc1O. The van der Waals surface area contributed by atoms with Crippen molar-refractivity contribution in [3.05, 3.63) is 53.1 Å². The highest BCUT2D eigenvalue weighted by Gasteiger charge is 2.14. The van der Waals surface area contributed by atoms with Crippen LogP contribution in [0.25, 0.3) is 11.1 Å². The zero-order valence-corrected chi connectivity index (χ0v) is 10.4. The maximum Gasteiger partial charge on any atom is 0.339 e. The minimum absolute atomic E-state index is 0.0574. The Bertz CT molecular complexity index is 659. The number of aromatic hydroxyl groups is 1. The van der Waals surface area contributed by atoms with Crippen LogP contribution in [-0.2, 0) is 12.8 Å². The third kappa shape index (κ3) is 2.08. The normalized spacial score (nSPS) is 13.3. The largest absolute Gasteiger partial charge is 0.507 e. The minimum Gasteiger partial charge on any atom is -0.507 e. The minimum atomic E-state index is -1.11. The highest BCUT2D eigenvalue weighted by molar-refractivity contribution is 5.92. The maximum absolute atomic E-state index is 11.0. The Morgan fingerprint density at radius 1 is 0.947 bits per heavy atom. The van der Waals surface area contributed by atoms with E-state index in [0.29, 0.717) is 0 Å². The first-order valence-corrected chi connectivity index (χ1v) is 6.33. The number of carboxylic acids is 1. The second-order valence-corrected chi connectivity index (χ2v) is 4.87. The molecule has 3 rings (SSSR count). The quantitative estimate of drug-likeness (QED) is 0.864. The Kier molecular flexibility index (Phi) is 2.75. The highest BCUT2D eigenvalue weighted by Crippen LogP contribution is 2.30. The Balaban J connectivity index is 2.07. The van der Waals surface area contributed by atoms with Crippen LogP contribution in [0.5, 0.6) is 5.75 Å². The molecule has 0 fully saturated rings. The van der Waals surface area contributed by atoms with Gasteiger partial charge in [-0.15, -0.1) is 0 Å². The van der Waals surface area contributed by atoms with Gasteiger partial charge < -0.3 is 10.2 Å². The molecule has 19 heavy (non-hydrogen) atoms. The van der Waals surface area contributed by atoms with Gasteiger partial charge in [0.1, 0.15) is 11.3 Å². The van der Waals surface area contributed by atoms with E-state index < -0.39 is 5.97 Å². The summed E-state index contributed by atoms with van der Waals surface area (Å²) in [5, 5.41) is 18.6. The number of aromatic carboxylic acids is 1. The fourth-order valence-electron chi connectivity index (χ4n) is 2.64. The number of aryl methyl sites for hydroxylation is 2. The Morgan fingerprint density at radius 3 is 2.42 bits per heavy atom. The van der Waals surface area contributed by atoms with Crippen LogP contribution >= 0.6 is 0 Å². The molecular weight excluding hydrogens is 240 g/mol. The van der Waals surface area contributed by atoms with Crippen LogP contribution in [0.2, 0.25) is 0 Å². The Morgan fingerprint density at radius 2 is 1.63 bits per heavy atom. The molecule has 0 atom stereocenters. The van der Waals surface area contributed by atoms with Gasteiger partial charge in [-0.2, -0.15) is 0 Å². The molecule has 0 aromatic heterocycles. The Labute approximate surface area is 111 Å². The van der Waals surface area contributed by atoms with E-state index >= 15 is 0 Å². The lowest BCUT2D eigenvalue weighted by molar-refractivity contribution is 0.0694. The Hall–Kier alpha value is -2.29. The number of benzene rings is 2. The summed E-state index contributed by atoms with van der Waals surface area (Å²) in [5.74, 6) is -1.31. The van der Waals surface area contributed by atoms with Crippen LogP contribution in [-0.4, -0.2) is 16.2 Å². The first kappa shape index (κ1) is 11.8. The lowest BCUT2D eigenvalue weighted by Gasteiger charge is -2.07. The molecule has 96 valence electrons. The van der Waals surface area contributed by atoms with Gasteiger partial charge in [-0.05, 0) is 53.6 Å². The molecule has 3 heteroatoms. The van der Waals surface area contributed by atoms with Crippen molar-refractivity contribution in [2.24, 2.45) is 0 Å². The second-order valence-electron chi connectivity index (χ2n) is 4.87. The summed E-state index contributed by atoms with van der Waals surface area (Å²) in [6.45, 7) is 0. The van der Waals surface area contributed by atoms with E-state index in [1.807, 2.05) is 6.07 Å². The molecule has 0 bridgehead atoms. The van der Waals surface area contributed by atoms with E-state index in [1.165, 1.54) is 29.7 Å². The highest BCUT2D eigenvalue weighted by atomic mass is 16.4. The average molecular weight is 254 g/mol. The third-order valence-corrected chi connectivity index (χ3v) is 3.66. The van der Waals surface area contributed by atoms with Gasteiger partial charge in [0.25, 0.3) is 0 Å². The second kappa shape index (κ2) is 4.43. The number of rotatable bonds is 2. The molecule has 0 unspecified atom stereocenters. The monoisotopic (exact) mass is 254 g/mol. The molecule has 0 saturated heterocycles. The van der Waals surface area contributed by atoms with Gasteiger partial charge in [0.2, 0.25) is 0 Å². The van der Waals surface area contributed by atoms with Crippen molar-refractivity contribution in [2.45, 2.75) is 19.3 Å². The van der Waals surface area contributed by atoms with Crippen molar-refractivity contribution in [1.29, 1.82) is 0 Å². The molecule has 0 heterocycles. The molecule has 2 aromatic carbocycles. The van der Waals surface area contributed by atoms with E-state index in [-0.39, 0.29) is 11.3 Å². The predicted molar refractivity (Wildman–Crippen MR) is 72.5 cm³/mol. The van der Waals surface area contributed by atoms with Crippen molar-refractivity contribution in [2.75, 3.05) is 0 Å². The van der Waals surface area contributed by atoms with Crippen molar-refractivity contribution < 1.29 is 15.0 Å². The van der Waals surface area contributed by atoms with Crippen LogP contribution < -0.4 is 0 Å². The molecule has 3 nitrogen and oxygen atoms in total. The third-order valence-electron chi connectivity index (χ3n) is 3.66. The van der Waals surface area contributed by atoms with Crippen LogP contribution in [0.4, 0.5) is 0 Å². The van der Waals surface area contributed by atoms with Crippen LogP contribution in [0.1, 0.15) is 27.9 Å². The topological polar surface area (TPSA) is 57.5 Å². The van der Waals surface area contributed by atoms with Crippen molar-refractivity contribution in [1.82, 2.24) is 0 Å². The van der Waals surface area contributed by atoms with Crippen molar-refractivity contribution >= 4 is 5.97 Å². The summed E-state index contributed by atoms with van der Waals surface area (Å²) in [5.41, 5.74) is 4.51. The molecule has 2 N–H and O–H groups in total. The van der Waals surface area contributed by atoms with E-state index in [2.05, 4.69) is 12.1 Å². The van der Waals surface area contributed by atoms with Gasteiger partial charge in [0.15, 0.2) is 0 Å². The molecule has 1 aliphatic carbocycles. The molecule has 0 amide bonds. The van der Waals surface area contributed by atoms with Gasteiger partial charge in [0, 0.05) is 0 Å². The summed E-state index contributed by atoms with van der Waals surface area (Å²) in [6.07, 6.45) is 3.41. The standard InChI is InChI=1S/C16H14O3/c17-15-7-6-13(9-14(15)16(18)19)12-5-4-10-2-1-3-11(10)8-12/h4-9,17H,1-3H2,(H,18,19). The lowest BCUT2D eigenvalue weighted by atomic mass is 9.99. The number of carbonyl (C=O) groups is 1. The van der Waals surface area contributed by atoms with E-state index in [1.54, 1.807) is 6.07 Å². The molecular formula is C16H14O3. The summed E-state index contributed by atoms with van der Waals surface area (Å²) in [6, 6.07) is 11.0. The average Bonchev–Trinajstić information content (AvgIpc) is 2.86. The molecule has 0 radical (unpaired) electrons. The summed E-state index contributed by atoms with van der Waals surface area (Å²) >= 11 is 0. The molecule has 0 saturated carbocycles. The molecule has 0 aliphatic heterocycles. The number of carboxylic acid groups (broad SMARTS) is 1. The fourth-order valence-corrected chi connectivity index (χ4v) is 2.64. The number of fused-ring (bicyclic) bond motifs is 1. The zero-order valence-electron chi connectivity index (χ0n) is 10.4. The van der Waals surface area contributed by atoms with E-state index in [4.69, 9.17) is 5.11 Å². The lowest BCUT2D eigenvalue weighted by Crippen LogP contribution is -1.97. The number of phenols is 1. The smallest absolute Gasteiger partial charge is 0.339 e. The van der Waals surface area contributed by atoms with Gasteiger partial charge in [-0.1, -0.05) is 24.3 Å². The van der Waals surface area contributed by atoms with Crippen LogP contribution in [0, 0.1) is 0 Å². The van der Waals surface area contributed by atoms with Crippen LogP contribution in [0.15, 0.2) is 36.4 Å². The van der Waals surface area contributed by atoms with Crippen molar-refractivity contribution in [3.8, 4) is 16.9 Å². The number of hydrogen-bond acceptors (Lipinski definition) is 2. The molecule has 1 aliphatic rings. The predicted octanol–water partition coefficient (Wildman–Crippen LogP) is 3.25. The first-order valence-electron chi connectivity index (χ1n) is 6.33. The van der Waals surface area contributed by atoms with E-state index in [9.17, 15) is 9.90 Å². The summed E-state index contributed by atoms with van der Waals surface area (Å²) in [4.78, 5) is 11.0. The van der Waals surface area contributed by atoms with Crippen LogP contribution in [0.3, 0.4) is 0 Å². The molecule has 2 aromatic rings. The van der Waals surface area contributed by atoms with Gasteiger partial charge in [-0.25, -0.2) is 4.79 Å². The number of hydrogen-bond donors (Lipinski definition) is 2. The first-order chi connectivity index (χ1) is 9.15. The maximum atomic E-state index is 11.0. The molecule has 0 spiro atoms. The summed E-state index contributed by atoms with van der Waals surface area (Å²) in [7, 11) is 0. The van der Waals surface area contributed by atoms with Gasteiger partial charge in [0.05, 0.1) is 0 Å². The van der Waals surface area contributed by atoms with Gasteiger partial charge in [-0.3, -0.25) is 0 Å². The zero-order chi connectivity index (χ0) is 13.4. The summed E-state index contributed by atoms with van der Waals surface area (Å²) < 4.78 is 0. The fraction of sp³-hybridized carbons (Fsp3) is 0.188. The van der Waals surface area contributed by atoms with E-state index in [0.717, 1.165) is 24.0 Å².